The van der Waals surface area contributed by atoms with E-state index < -0.39 is 28.9 Å². The molecule has 0 aliphatic rings. The molecule has 0 heterocycles. The van der Waals surface area contributed by atoms with Crippen LogP contribution in [-0.2, 0) is 16.1 Å². The Morgan fingerprint density at radius 1 is 1.16 bits per heavy atom. The first kappa shape index (κ1) is 23.3. The fraction of sp³-hybridized carbons (Fsp3) is 0.250. The van der Waals surface area contributed by atoms with Crippen LogP contribution < -0.4 is 16.0 Å². The van der Waals surface area contributed by atoms with E-state index in [-0.39, 0.29) is 36.6 Å². The van der Waals surface area contributed by atoms with Crippen LogP contribution >= 0.6 is 0 Å². The topological polar surface area (TPSA) is 160 Å². The van der Waals surface area contributed by atoms with Gasteiger partial charge in [0.05, 0.1) is 17.1 Å². The third kappa shape index (κ3) is 7.08. The van der Waals surface area contributed by atoms with E-state index >= 15 is 0 Å². The number of esters is 1. The van der Waals surface area contributed by atoms with E-state index in [0.29, 0.717) is 0 Å². The summed E-state index contributed by atoms with van der Waals surface area (Å²) in [5.41, 5.74) is 0.491. The summed E-state index contributed by atoms with van der Waals surface area (Å²) in [4.78, 5) is 46.9. The Kier molecular flexibility index (Phi) is 8.46. The second-order valence-electron chi connectivity index (χ2n) is 6.34. The lowest BCUT2D eigenvalue weighted by atomic mass is 10.1. The summed E-state index contributed by atoms with van der Waals surface area (Å²) >= 11 is 0. The number of amides is 3. The minimum Gasteiger partial charge on any atom is -0.449 e. The van der Waals surface area contributed by atoms with Crippen molar-refractivity contribution in [2.75, 3.05) is 18.5 Å². The third-order valence-corrected chi connectivity index (χ3v) is 4.05. The second-order valence-corrected chi connectivity index (χ2v) is 6.34. The lowest BCUT2D eigenvalue weighted by molar-refractivity contribution is -0.384. The number of carbonyl (C=O) groups excluding carboxylic acids is 3. The molecule has 2 aromatic carbocycles. The molecule has 11 nitrogen and oxygen atoms in total. The van der Waals surface area contributed by atoms with E-state index in [1.165, 1.54) is 19.1 Å². The summed E-state index contributed by atoms with van der Waals surface area (Å²) in [6, 6.07) is 11.8. The summed E-state index contributed by atoms with van der Waals surface area (Å²) in [5, 5.41) is 27.2. The van der Waals surface area contributed by atoms with Gasteiger partial charge in [0.2, 0.25) is 0 Å². The fourth-order valence-electron chi connectivity index (χ4n) is 2.47. The van der Waals surface area contributed by atoms with Crippen LogP contribution in [0.1, 0.15) is 22.8 Å². The maximum Gasteiger partial charge on any atom is 0.341 e. The summed E-state index contributed by atoms with van der Waals surface area (Å²) in [6.07, 6.45) is -1.35. The number of imide groups is 1. The van der Waals surface area contributed by atoms with Crippen LogP contribution in [-0.4, -0.2) is 47.2 Å². The number of nitrogens with one attached hydrogen (secondary N) is 3. The molecule has 0 saturated heterocycles. The summed E-state index contributed by atoms with van der Waals surface area (Å²) < 4.78 is 5.06. The fourth-order valence-corrected chi connectivity index (χ4v) is 2.47. The van der Waals surface area contributed by atoms with E-state index in [9.17, 15) is 24.5 Å². The number of non-ortho nitro benzene ring substituents is 1. The Morgan fingerprint density at radius 2 is 1.87 bits per heavy atom. The van der Waals surface area contributed by atoms with Gasteiger partial charge in [0.15, 0.2) is 6.10 Å². The first-order valence-corrected chi connectivity index (χ1v) is 9.28. The standard InChI is InChI=1S/C20H22N4O7/c1-13(18(26)23-20(28)22-12-14-5-3-2-4-6-14)31-19(27)16-11-15(24(29)30)7-8-17(16)21-9-10-25/h2-8,11,13,21,25H,9-10,12H2,1H3,(H2,22,23,26,28). The Labute approximate surface area is 177 Å². The minimum absolute atomic E-state index is 0.0930. The summed E-state index contributed by atoms with van der Waals surface area (Å²) in [6.45, 7) is 1.32. The quantitative estimate of drug-likeness (QED) is 0.265. The van der Waals surface area contributed by atoms with Gasteiger partial charge in [-0.2, -0.15) is 0 Å². The predicted octanol–water partition coefficient (Wildman–Crippen LogP) is 1.57. The van der Waals surface area contributed by atoms with E-state index in [0.717, 1.165) is 11.6 Å². The molecule has 2 rings (SSSR count). The van der Waals surface area contributed by atoms with Gasteiger partial charge in [0.1, 0.15) is 0 Å². The van der Waals surface area contributed by atoms with E-state index in [1.807, 2.05) is 6.07 Å². The lowest BCUT2D eigenvalue weighted by Gasteiger charge is -2.15. The molecule has 1 atom stereocenters. The molecule has 1 unspecified atom stereocenters. The molecule has 0 aliphatic heterocycles. The van der Waals surface area contributed by atoms with Crippen molar-refractivity contribution in [3.8, 4) is 0 Å². The zero-order chi connectivity index (χ0) is 22.8. The zero-order valence-electron chi connectivity index (χ0n) is 16.7. The van der Waals surface area contributed by atoms with Crippen LogP contribution in [0.15, 0.2) is 48.5 Å². The largest absolute Gasteiger partial charge is 0.449 e. The van der Waals surface area contributed by atoms with Crippen LogP contribution in [0.25, 0.3) is 0 Å². The smallest absolute Gasteiger partial charge is 0.341 e. The number of ether oxygens (including phenoxy) is 1. The molecule has 0 fully saturated rings. The lowest BCUT2D eigenvalue weighted by Crippen LogP contribution is -2.44. The molecule has 0 aliphatic carbocycles. The van der Waals surface area contributed by atoms with Crippen molar-refractivity contribution in [3.05, 3.63) is 69.8 Å². The van der Waals surface area contributed by atoms with Crippen LogP contribution in [0.3, 0.4) is 0 Å². The van der Waals surface area contributed by atoms with Gasteiger partial charge in [-0.05, 0) is 18.6 Å². The van der Waals surface area contributed by atoms with Crippen molar-refractivity contribution in [3.63, 3.8) is 0 Å². The third-order valence-electron chi connectivity index (χ3n) is 4.05. The highest BCUT2D eigenvalue weighted by Gasteiger charge is 2.24. The number of urea groups is 1. The Bertz CT molecular complexity index is 950. The molecule has 164 valence electrons. The number of aliphatic hydroxyl groups excluding tert-OH is 1. The van der Waals surface area contributed by atoms with Crippen LogP contribution in [0.5, 0.6) is 0 Å². The van der Waals surface area contributed by atoms with E-state index in [2.05, 4.69) is 16.0 Å². The van der Waals surface area contributed by atoms with Gasteiger partial charge in [0.25, 0.3) is 11.6 Å². The molecule has 31 heavy (non-hydrogen) atoms. The van der Waals surface area contributed by atoms with Gasteiger partial charge >= 0.3 is 12.0 Å². The van der Waals surface area contributed by atoms with Crippen LogP contribution in [0, 0.1) is 10.1 Å². The summed E-state index contributed by atoms with van der Waals surface area (Å²) in [7, 11) is 0. The molecule has 0 radical (unpaired) electrons. The number of nitro groups is 1. The molecule has 0 bridgehead atoms. The average Bonchev–Trinajstić information content (AvgIpc) is 2.76. The monoisotopic (exact) mass is 430 g/mol. The molecule has 0 saturated carbocycles. The SMILES string of the molecule is CC(OC(=O)c1cc([N+](=O)[O-])ccc1NCCO)C(=O)NC(=O)NCc1ccccc1. The molecule has 4 N–H and O–H groups in total. The highest BCUT2D eigenvalue weighted by molar-refractivity contribution is 6.00. The predicted molar refractivity (Wildman–Crippen MR) is 110 cm³/mol. The van der Waals surface area contributed by atoms with Crippen molar-refractivity contribution in [2.45, 2.75) is 19.6 Å². The van der Waals surface area contributed by atoms with Gasteiger partial charge in [-0.3, -0.25) is 20.2 Å². The van der Waals surface area contributed by atoms with Crippen molar-refractivity contribution >= 4 is 29.3 Å². The van der Waals surface area contributed by atoms with Crippen molar-refractivity contribution in [1.82, 2.24) is 10.6 Å². The van der Waals surface area contributed by atoms with E-state index in [4.69, 9.17) is 9.84 Å². The highest BCUT2D eigenvalue weighted by Crippen LogP contribution is 2.23. The normalized spacial score (nSPS) is 11.2. The number of hydrogen-bond acceptors (Lipinski definition) is 8. The number of rotatable bonds is 9. The number of aliphatic hydroxyl groups is 1. The minimum atomic E-state index is -1.35. The molecular formula is C20H22N4O7. The van der Waals surface area contributed by atoms with Crippen LogP contribution in [0.2, 0.25) is 0 Å². The maximum absolute atomic E-state index is 12.5. The first-order chi connectivity index (χ1) is 14.8. The highest BCUT2D eigenvalue weighted by atomic mass is 16.6. The Balaban J connectivity index is 1.98. The number of benzene rings is 2. The van der Waals surface area contributed by atoms with Gasteiger partial charge in [-0.15, -0.1) is 0 Å². The summed E-state index contributed by atoms with van der Waals surface area (Å²) in [5.74, 6) is -1.87. The Hall–Kier alpha value is -3.99. The van der Waals surface area contributed by atoms with Crippen molar-refractivity contribution < 1.29 is 29.2 Å². The molecule has 11 heteroatoms. The number of carbonyl (C=O) groups is 3. The van der Waals surface area contributed by atoms with Gasteiger partial charge in [0, 0.05) is 30.9 Å². The first-order valence-electron chi connectivity index (χ1n) is 9.28. The molecular weight excluding hydrogens is 408 g/mol. The van der Waals surface area contributed by atoms with E-state index in [1.54, 1.807) is 24.3 Å². The van der Waals surface area contributed by atoms with Crippen molar-refractivity contribution in [2.24, 2.45) is 0 Å². The van der Waals surface area contributed by atoms with Crippen molar-refractivity contribution in [1.29, 1.82) is 0 Å². The van der Waals surface area contributed by atoms with Gasteiger partial charge in [-0.1, -0.05) is 30.3 Å². The number of hydrogen-bond donors (Lipinski definition) is 4. The second kappa shape index (κ2) is 11.3. The number of nitrogens with zero attached hydrogens (tertiary/aromatic N) is 1. The maximum atomic E-state index is 12.5. The Morgan fingerprint density at radius 3 is 2.52 bits per heavy atom. The van der Waals surface area contributed by atoms with Gasteiger partial charge in [-0.25, -0.2) is 9.59 Å². The zero-order valence-corrected chi connectivity index (χ0v) is 16.7. The molecule has 0 spiro atoms. The number of anilines is 1. The van der Waals surface area contributed by atoms with Gasteiger partial charge < -0.3 is 20.5 Å². The average molecular weight is 430 g/mol. The number of nitro benzene ring substituents is 1. The molecule has 0 aromatic heterocycles. The van der Waals surface area contributed by atoms with Crippen LogP contribution in [0.4, 0.5) is 16.2 Å². The molecule has 3 amide bonds. The molecule has 2 aromatic rings.